The van der Waals surface area contributed by atoms with Crippen molar-refractivity contribution in [3.05, 3.63) is 68.9 Å². The summed E-state index contributed by atoms with van der Waals surface area (Å²) in [6.45, 7) is 0.263. The maximum atomic E-state index is 13.0. The maximum Gasteiger partial charge on any atom is 0.238 e. The van der Waals surface area contributed by atoms with Crippen molar-refractivity contribution in [2.24, 2.45) is 0 Å². The van der Waals surface area contributed by atoms with Gasteiger partial charge in [-0.05, 0) is 41.8 Å². The Morgan fingerprint density at radius 1 is 1.25 bits per heavy atom. The Bertz CT molecular complexity index is 741. The second-order valence-corrected chi connectivity index (χ2v) is 6.96. The summed E-state index contributed by atoms with van der Waals surface area (Å²) in [7, 11) is 0. The smallest absolute Gasteiger partial charge is 0.238 e. The molecule has 1 aliphatic heterocycles. The Morgan fingerprint density at radius 3 is 2.71 bits per heavy atom. The van der Waals surface area contributed by atoms with Gasteiger partial charge in [0, 0.05) is 22.1 Å². The van der Waals surface area contributed by atoms with Gasteiger partial charge in [-0.2, -0.15) is 0 Å². The van der Waals surface area contributed by atoms with Crippen LogP contribution in [0.25, 0.3) is 0 Å². The third kappa shape index (κ3) is 4.13. The Kier molecular flexibility index (Phi) is 5.50. The minimum atomic E-state index is -0.394. The molecule has 0 aliphatic carbocycles. The Balaban J connectivity index is 1.55. The van der Waals surface area contributed by atoms with Crippen LogP contribution in [0.5, 0.6) is 0 Å². The van der Waals surface area contributed by atoms with Crippen molar-refractivity contribution in [2.45, 2.75) is 25.0 Å². The molecule has 1 saturated heterocycles. The molecule has 2 atom stereocenters. The lowest BCUT2D eigenvalue weighted by atomic mass is 10.0. The average molecular weight is 413 g/mol. The molecule has 1 aliphatic rings. The van der Waals surface area contributed by atoms with Gasteiger partial charge in [-0.15, -0.1) is 0 Å². The molecule has 3 rings (SSSR count). The van der Waals surface area contributed by atoms with E-state index in [4.69, 9.17) is 11.6 Å². The molecule has 1 fully saturated rings. The first-order valence-electron chi connectivity index (χ1n) is 7.51. The minimum absolute atomic E-state index is 0.0725. The van der Waals surface area contributed by atoms with Gasteiger partial charge in [-0.3, -0.25) is 4.79 Å². The van der Waals surface area contributed by atoms with Gasteiger partial charge in [-0.1, -0.05) is 45.7 Å². The van der Waals surface area contributed by atoms with Gasteiger partial charge in [0.15, 0.2) is 0 Å². The van der Waals surface area contributed by atoms with E-state index >= 15 is 0 Å². The van der Waals surface area contributed by atoms with Crippen LogP contribution in [0.4, 0.5) is 4.39 Å². The van der Waals surface area contributed by atoms with Crippen LogP contribution < -0.4 is 16.2 Å². The number of hydrogen-bond acceptors (Lipinski definition) is 3. The zero-order chi connectivity index (χ0) is 17.1. The van der Waals surface area contributed by atoms with Crippen molar-refractivity contribution in [2.75, 3.05) is 0 Å². The number of halogens is 3. The number of amides is 1. The summed E-state index contributed by atoms with van der Waals surface area (Å²) in [5.41, 5.74) is 7.95. The number of hydrogen-bond donors (Lipinski definition) is 3. The number of benzene rings is 2. The van der Waals surface area contributed by atoms with Crippen LogP contribution in [0.3, 0.4) is 0 Å². The van der Waals surface area contributed by atoms with E-state index in [-0.39, 0.29) is 24.5 Å². The fourth-order valence-electron chi connectivity index (χ4n) is 2.61. The van der Waals surface area contributed by atoms with Gasteiger partial charge in [0.2, 0.25) is 5.91 Å². The molecule has 0 spiro atoms. The van der Waals surface area contributed by atoms with Gasteiger partial charge in [0.05, 0.1) is 0 Å². The van der Waals surface area contributed by atoms with Crippen molar-refractivity contribution in [3.63, 3.8) is 0 Å². The molecule has 2 aromatic carbocycles. The first-order chi connectivity index (χ1) is 11.5. The first-order valence-corrected chi connectivity index (χ1v) is 8.68. The largest absolute Gasteiger partial charge is 0.351 e. The van der Waals surface area contributed by atoms with Crippen LogP contribution in [0, 0.1) is 5.82 Å². The second-order valence-electron chi connectivity index (χ2n) is 5.63. The van der Waals surface area contributed by atoms with Crippen LogP contribution in [0.15, 0.2) is 46.9 Å². The van der Waals surface area contributed by atoms with Crippen molar-refractivity contribution >= 4 is 33.4 Å². The Hall–Kier alpha value is -1.47. The summed E-state index contributed by atoms with van der Waals surface area (Å²) in [6.07, 6.45) is 0.643. The van der Waals surface area contributed by atoms with E-state index in [0.717, 1.165) is 10.0 Å². The van der Waals surface area contributed by atoms with Crippen LogP contribution in [0.1, 0.15) is 23.6 Å². The number of rotatable bonds is 4. The fraction of sp³-hybridized carbons (Fsp3) is 0.235. The van der Waals surface area contributed by atoms with Gasteiger partial charge < -0.3 is 5.32 Å². The van der Waals surface area contributed by atoms with E-state index in [1.54, 1.807) is 6.07 Å². The summed E-state index contributed by atoms with van der Waals surface area (Å²) in [5, 5.41) is 3.13. The van der Waals surface area contributed by atoms with Crippen LogP contribution in [-0.4, -0.2) is 11.9 Å². The Morgan fingerprint density at radius 2 is 2.00 bits per heavy atom. The standard InChI is InChI=1S/C17H16BrClFN3O/c18-12-4-1-10(2-5-12)15-8-16(23-22-15)17(24)21-9-11-3-6-13(20)7-14(11)19/h1-7,15-16,22-23H,8-9H2,(H,21,24). The summed E-state index contributed by atoms with van der Waals surface area (Å²) in [5.74, 6) is -0.517. The second kappa shape index (κ2) is 7.61. The van der Waals surface area contributed by atoms with Crippen molar-refractivity contribution in [1.82, 2.24) is 16.2 Å². The number of carbonyl (C=O) groups excluding carboxylic acids is 1. The zero-order valence-electron chi connectivity index (χ0n) is 12.7. The average Bonchev–Trinajstić information content (AvgIpc) is 3.04. The first kappa shape index (κ1) is 17.4. The van der Waals surface area contributed by atoms with Gasteiger partial charge in [0.25, 0.3) is 0 Å². The monoisotopic (exact) mass is 411 g/mol. The molecule has 3 N–H and O–H groups in total. The SMILES string of the molecule is O=C(NCc1ccc(F)cc1Cl)C1CC(c2ccc(Br)cc2)NN1. The molecule has 7 heteroatoms. The Labute approximate surface area is 152 Å². The van der Waals surface area contributed by atoms with E-state index in [1.165, 1.54) is 12.1 Å². The predicted octanol–water partition coefficient (Wildman–Crippen LogP) is 3.47. The summed E-state index contributed by atoms with van der Waals surface area (Å²) in [4.78, 5) is 12.3. The molecule has 126 valence electrons. The van der Waals surface area contributed by atoms with E-state index < -0.39 is 5.82 Å². The summed E-state index contributed by atoms with van der Waals surface area (Å²) >= 11 is 9.37. The third-order valence-electron chi connectivity index (χ3n) is 3.96. The summed E-state index contributed by atoms with van der Waals surface area (Å²) in [6, 6.07) is 11.9. The van der Waals surface area contributed by atoms with Gasteiger partial charge in [0.1, 0.15) is 11.9 Å². The molecule has 0 aromatic heterocycles. The fourth-order valence-corrected chi connectivity index (χ4v) is 3.11. The molecule has 24 heavy (non-hydrogen) atoms. The zero-order valence-corrected chi connectivity index (χ0v) is 15.0. The molecule has 0 radical (unpaired) electrons. The molecular weight excluding hydrogens is 397 g/mol. The highest BCUT2D eigenvalue weighted by Gasteiger charge is 2.29. The highest BCUT2D eigenvalue weighted by molar-refractivity contribution is 9.10. The maximum absolute atomic E-state index is 13.0. The van der Waals surface area contributed by atoms with Crippen LogP contribution in [0.2, 0.25) is 5.02 Å². The molecule has 4 nitrogen and oxygen atoms in total. The predicted molar refractivity (Wildman–Crippen MR) is 94.8 cm³/mol. The van der Waals surface area contributed by atoms with Gasteiger partial charge in [-0.25, -0.2) is 15.2 Å². The van der Waals surface area contributed by atoms with Crippen molar-refractivity contribution in [3.8, 4) is 0 Å². The third-order valence-corrected chi connectivity index (χ3v) is 4.84. The van der Waals surface area contributed by atoms with E-state index in [0.29, 0.717) is 17.0 Å². The van der Waals surface area contributed by atoms with Gasteiger partial charge >= 0.3 is 0 Å². The molecule has 0 bridgehead atoms. The van der Waals surface area contributed by atoms with E-state index in [1.807, 2.05) is 24.3 Å². The topological polar surface area (TPSA) is 53.2 Å². The number of nitrogens with one attached hydrogen (secondary N) is 3. The van der Waals surface area contributed by atoms with Crippen molar-refractivity contribution in [1.29, 1.82) is 0 Å². The number of hydrazine groups is 1. The number of carbonyl (C=O) groups is 1. The lowest BCUT2D eigenvalue weighted by Crippen LogP contribution is -2.42. The van der Waals surface area contributed by atoms with E-state index in [2.05, 4.69) is 32.1 Å². The minimum Gasteiger partial charge on any atom is -0.351 e. The quantitative estimate of drug-likeness (QED) is 0.721. The van der Waals surface area contributed by atoms with Crippen LogP contribution >= 0.6 is 27.5 Å². The summed E-state index contributed by atoms with van der Waals surface area (Å²) < 4.78 is 14.0. The highest BCUT2D eigenvalue weighted by atomic mass is 79.9. The lowest BCUT2D eigenvalue weighted by Gasteiger charge is -2.11. The molecule has 1 heterocycles. The van der Waals surface area contributed by atoms with Crippen LogP contribution in [-0.2, 0) is 11.3 Å². The normalized spacial score (nSPS) is 20.1. The highest BCUT2D eigenvalue weighted by Crippen LogP contribution is 2.24. The lowest BCUT2D eigenvalue weighted by molar-refractivity contribution is -0.123. The molecule has 2 unspecified atom stereocenters. The molecule has 2 aromatic rings. The molecule has 1 amide bonds. The molecular formula is C17H16BrClFN3O. The molecule has 0 saturated carbocycles. The van der Waals surface area contributed by atoms with E-state index in [9.17, 15) is 9.18 Å². The van der Waals surface area contributed by atoms with Crippen molar-refractivity contribution < 1.29 is 9.18 Å².